The van der Waals surface area contributed by atoms with E-state index in [9.17, 15) is 4.79 Å². The van der Waals surface area contributed by atoms with Crippen LogP contribution < -0.4 is 14.9 Å². The van der Waals surface area contributed by atoms with Crippen molar-refractivity contribution in [1.29, 1.82) is 0 Å². The predicted molar refractivity (Wildman–Crippen MR) is 125 cm³/mol. The smallest absolute Gasteiger partial charge is 0.272 e. The Bertz CT molecular complexity index is 1290. The highest BCUT2D eigenvalue weighted by molar-refractivity contribution is 7.17. The standard InChI is InChI=1S/C23H18ClN3O3S/c1-29-14-7-9-21(30-2)18(11-14)20-12-17(16-5-3-4-6-19(16)26-20)23(28)27-25-13-15-8-10-22(24)31-15/h3-13H,1-2H3,(H,27,28)/b25-13-. The monoisotopic (exact) mass is 451 g/mol. The predicted octanol–water partition coefficient (Wildman–Crippen LogP) is 5.40. The number of amides is 1. The Balaban J connectivity index is 1.75. The second-order valence-electron chi connectivity index (χ2n) is 6.48. The van der Waals surface area contributed by atoms with Gasteiger partial charge in [-0.3, -0.25) is 4.79 Å². The molecule has 0 aliphatic carbocycles. The van der Waals surface area contributed by atoms with Gasteiger partial charge in [-0.25, -0.2) is 10.4 Å². The number of carbonyl (C=O) groups is 1. The van der Waals surface area contributed by atoms with E-state index in [-0.39, 0.29) is 5.91 Å². The molecule has 0 unspecified atom stereocenters. The van der Waals surface area contributed by atoms with Gasteiger partial charge in [-0.1, -0.05) is 29.8 Å². The van der Waals surface area contributed by atoms with Gasteiger partial charge in [-0.05, 0) is 42.5 Å². The molecule has 0 bridgehead atoms. The molecule has 1 N–H and O–H groups in total. The lowest BCUT2D eigenvalue weighted by atomic mass is 10.0. The van der Waals surface area contributed by atoms with Crippen LogP contribution in [0.15, 0.2) is 65.8 Å². The lowest BCUT2D eigenvalue weighted by molar-refractivity contribution is 0.0956. The molecule has 6 nitrogen and oxygen atoms in total. The first-order valence-electron chi connectivity index (χ1n) is 9.30. The number of pyridine rings is 1. The molecule has 1 amide bonds. The Kier molecular flexibility index (Phi) is 6.16. The maximum absolute atomic E-state index is 13.0. The SMILES string of the molecule is COc1ccc(OC)c(-c2cc(C(=O)N/N=C\c3ccc(Cl)s3)c3ccccc3n2)c1. The van der Waals surface area contributed by atoms with E-state index >= 15 is 0 Å². The van der Waals surface area contributed by atoms with Gasteiger partial charge in [0, 0.05) is 15.8 Å². The van der Waals surface area contributed by atoms with Gasteiger partial charge in [0.2, 0.25) is 0 Å². The van der Waals surface area contributed by atoms with Crippen molar-refractivity contribution in [1.82, 2.24) is 10.4 Å². The number of carbonyl (C=O) groups excluding carboxylic acids is 1. The Morgan fingerprint density at radius 3 is 2.68 bits per heavy atom. The number of benzene rings is 2. The minimum atomic E-state index is -0.347. The Morgan fingerprint density at radius 2 is 1.94 bits per heavy atom. The molecular formula is C23H18ClN3O3S. The average molecular weight is 452 g/mol. The zero-order valence-corrected chi connectivity index (χ0v) is 18.3. The van der Waals surface area contributed by atoms with Crippen molar-refractivity contribution in [3.05, 3.63) is 75.4 Å². The first-order chi connectivity index (χ1) is 15.1. The zero-order chi connectivity index (χ0) is 21.8. The molecule has 4 aromatic rings. The van der Waals surface area contributed by atoms with Crippen LogP contribution in [-0.2, 0) is 0 Å². The van der Waals surface area contributed by atoms with Crippen molar-refractivity contribution in [3.63, 3.8) is 0 Å². The molecule has 156 valence electrons. The molecule has 0 saturated heterocycles. The minimum Gasteiger partial charge on any atom is -0.497 e. The largest absolute Gasteiger partial charge is 0.497 e. The summed E-state index contributed by atoms with van der Waals surface area (Å²) < 4.78 is 11.5. The van der Waals surface area contributed by atoms with Gasteiger partial charge in [0.1, 0.15) is 11.5 Å². The van der Waals surface area contributed by atoms with E-state index in [4.69, 9.17) is 26.1 Å². The Labute approximate surface area is 188 Å². The number of ether oxygens (including phenoxy) is 2. The molecule has 31 heavy (non-hydrogen) atoms. The second-order valence-corrected chi connectivity index (χ2v) is 8.23. The van der Waals surface area contributed by atoms with E-state index < -0.39 is 0 Å². The van der Waals surface area contributed by atoms with E-state index in [0.29, 0.717) is 32.6 Å². The van der Waals surface area contributed by atoms with Crippen molar-refractivity contribution >= 4 is 46.0 Å². The highest BCUT2D eigenvalue weighted by Crippen LogP contribution is 2.34. The van der Waals surface area contributed by atoms with Crippen LogP contribution in [0, 0.1) is 0 Å². The fourth-order valence-corrected chi connectivity index (χ4v) is 4.06. The first kappa shape index (κ1) is 20.8. The van der Waals surface area contributed by atoms with Crippen LogP contribution in [0.3, 0.4) is 0 Å². The summed E-state index contributed by atoms with van der Waals surface area (Å²) in [6, 6.07) is 18.2. The third-order valence-electron chi connectivity index (χ3n) is 4.60. The summed E-state index contributed by atoms with van der Waals surface area (Å²) in [4.78, 5) is 18.6. The van der Waals surface area contributed by atoms with Crippen molar-refractivity contribution in [2.45, 2.75) is 0 Å². The number of halogens is 1. The summed E-state index contributed by atoms with van der Waals surface area (Å²) >= 11 is 7.30. The summed E-state index contributed by atoms with van der Waals surface area (Å²) in [6.07, 6.45) is 1.56. The highest BCUT2D eigenvalue weighted by Gasteiger charge is 2.16. The van der Waals surface area contributed by atoms with E-state index in [1.807, 2.05) is 42.5 Å². The molecule has 0 atom stereocenters. The Hall–Kier alpha value is -3.42. The molecule has 0 fully saturated rings. The van der Waals surface area contributed by atoms with Crippen molar-refractivity contribution in [2.75, 3.05) is 14.2 Å². The summed E-state index contributed by atoms with van der Waals surface area (Å²) in [5.41, 5.74) is 5.04. The molecule has 0 aliphatic rings. The molecule has 8 heteroatoms. The molecule has 4 rings (SSSR count). The van der Waals surface area contributed by atoms with Crippen molar-refractivity contribution < 1.29 is 14.3 Å². The van der Waals surface area contributed by atoms with Crippen LogP contribution in [0.2, 0.25) is 4.34 Å². The summed E-state index contributed by atoms with van der Waals surface area (Å²) in [5.74, 6) is 0.944. The van der Waals surface area contributed by atoms with Crippen LogP contribution >= 0.6 is 22.9 Å². The van der Waals surface area contributed by atoms with E-state index in [1.54, 1.807) is 38.6 Å². The van der Waals surface area contributed by atoms with Crippen LogP contribution in [0.4, 0.5) is 0 Å². The number of rotatable bonds is 6. The molecule has 0 radical (unpaired) electrons. The zero-order valence-electron chi connectivity index (χ0n) is 16.8. The minimum absolute atomic E-state index is 0.347. The number of hydrogen-bond donors (Lipinski definition) is 1. The summed E-state index contributed by atoms with van der Waals surface area (Å²) in [6.45, 7) is 0. The third kappa shape index (κ3) is 4.52. The molecule has 0 spiro atoms. The maximum atomic E-state index is 13.0. The fourth-order valence-electron chi connectivity index (χ4n) is 3.13. The lowest BCUT2D eigenvalue weighted by Gasteiger charge is -2.13. The van der Waals surface area contributed by atoms with Gasteiger partial charge in [0.15, 0.2) is 0 Å². The van der Waals surface area contributed by atoms with Crippen molar-refractivity contribution in [3.8, 4) is 22.8 Å². The third-order valence-corrected chi connectivity index (χ3v) is 5.76. The number of hydrogen-bond acceptors (Lipinski definition) is 6. The highest BCUT2D eigenvalue weighted by atomic mass is 35.5. The second kappa shape index (κ2) is 9.16. The maximum Gasteiger partial charge on any atom is 0.272 e. The van der Waals surface area contributed by atoms with Gasteiger partial charge in [-0.2, -0.15) is 5.10 Å². The molecule has 2 heterocycles. The number of hydrazone groups is 1. The average Bonchev–Trinajstić information content (AvgIpc) is 3.22. The van der Waals surface area contributed by atoms with Gasteiger partial charge < -0.3 is 9.47 Å². The molecule has 0 saturated carbocycles. The van der Waals surface area contributed by atoms with Crippen molar-refractivity contribution in [2.24, 2.45) is 5.10 Å². The summed E-state index contributed by atoms with van der Waals surface area (Å²) in [7, 11) is 3.18. The number of nitrogens with zero attached hydrogens (tertiary/aromatic N) is 2. The first-order valence-corrected chi connectivity index (χ1v) is 10.5. The van der Waals surface area contributed by atoms with Gasteiger partial charge in [0.25, 0.3) is 5.91 Å². The Morgan fingerprint density at radius 1 is 1.10 bits per heavy atom. The number of fused-ring (bicyclic) bond motifs is 1. The normalized spacial score (nSPS) is 11.1. The molecule has 2 aromatic carbocycles. The number of thiophene rings is 1. The van der Waals surface area contributed by atoms with Gasteiger partial charge in [-0.15, -0.1) is 11.3 Å². The lowest BCUT2D eigenvalue weighted by Crippen LogP contribution is -2.18. The molecular weight excluding hydrogens is 434 g/mol. The molecule has 2 aromatic heterocycles. The van der Waals surface area contributed by atoms with Gasteiger partial charge in [0.05, 0.1) is 41.5 Å². The fraction of sp³-hybridized carbons (Fsp3) is 0.0870. The quantitative estimate of drug-likeness (QED) is 0.315. The van der Waals surface area contributed by atoms with E-state index in [1.165, 1.54) is 11.3 Å². The topological polar surface area (TPSA) is 72.8 Å². The van der Waals surface area contributed by atoms with E-state index in [2.05, 4.69) is 10.5 Å². The van der Waals surface area contributed by atoms with Crippen LogP contribution in [-0.4, -0.2) is 31.3 Å². The number of nitrogens with one attached hydrogen (secondary N) is 1. The van der Waals surface area contributed by atoms with Gasteiger partial charge >= 0.3 is 0 Å². The van der Waals surface area contributed by atoms with E-state index in [0.717, 1.165) is 15.8 Å². The summed E-state index contributed by atoms with van der Waals surface area (Å²) in [5, 5.41) is 4.79. The van der Waals surface area contributed by atoms with Crippen LogP contribution in [0.25, 0.3) is 22.2 Å². The number of para-hydroxylation sites is 1. The van der Waals surface area contributed by atoms with Crippen LogP contribution in [0.5, 0.6) is 11.5 Å². The number of methoxy groups -OCH3 is 2. The van der Waals surface area contributed by atoms with Crippen LogP contribution in [0.1, 0.15) is 15.2 Å². The number of aromatic nitrogens is 1. The molecule has 0 aliphatic heterocycles.